The molecule has 2 aliphatic heterocycles. The molecular formula is C47H48F3N5O8. The third kappa shape index (κ3) is 13.1. The number of carbonyl (C=O) groups excluding carboxylic acids is 6. The first-order valence-corrected chi connectivity index (χ1v) is 20.7. The monoisotopic (exact) mass is 867 g/mol. The van der Waals surface area contributed by atoms with Gasteiger partial charge in [-0.15, -0.1) is 0 Å². The summed E-state index contributed by atoms with van der Waals surface area (Å²) >= 11 is 0. The van der Waals surface area contributed by atoms with Crippen LogP contribution in [0.3, 0.4) is 0 Å². The second kappa shape index (κ2) is 20.4. The van der Waals surface area contributed by atoms with Crippen LogP contribution in [0.25, 0.3) is 0 Å². The number of carbonyl (C=O) groups is 7. The van der Waals surface area contributed by atoms with Gasteiger partial charge in [0, 0.05) is 37.3 Å². The van der Waals surface area contributed by atoms with E-state index in [2.05, 4.69) is 26.6 Å². The Kier molecular flexibility index (Phi) is 14.8. The summed E-state index contributed by atoms with van der Waals surface area (Å²) in [6.45, 7) is 0. The molecule has 13 nitrogen and oxygen atoms in total. The predicted molar refractivity (Wildman–Crippen MR) is 225 cm³/mol. The quantitative estimate of drug-likeness (QED) is 0.121. The highest BCUT2D eigenvalue weighted by molar-refractivity contribution is 5.98. The molecule has 0 saturated heterocycles. The number of nitrogens with one attached hydrogen (secondary N) is 5. The van der Waals surface area contributed by atoms with Crippen molar-refractivity contribution < 1.29 is 51.8 Å². The van der Waals surface area contributed by atoms with Gasteiger partial charge in [-0.1, -0.05) is 84.9 Å². The molecule has 0 aromatic heterocycles. The summed E-state index contributed by atoms with van der Waals surface area (Å²) in [5.74, 6) is -6.38. The van der Waals surface area contributed by atoms with Crippen LogP contribution in [-0.2, 0) is 65.4 Å². The van der Waals surface area contributed by atoms with Crippen LogP contribution in [0, 0.1) is 5.92 Å². The lowest BCUT2D eigenvalue weighted by Crippen LogP contribution is -2.57. The summed E-state index contributed by atoms with van der Waals surface area (Å²) in [7, 11) is 0. The Bertz CT molecular complexity index is 2290. The minimum atomic E-state index is -4.64. The zero-order chi connectivity index (χ0) is 45.1. The first-order valence-electron chi connectivity index (χ1n) is 20.7. The van der Waals surface area contributed by atoms with Crippen LogP contribution in [-0.4, -0.2) is 70.1 Å². The van der Waals surface area contributed by atoms with Gasteiger partial charge < -0.3 is 31.7 Å². The number of aryl methyl sites for hydroxylation is 1. The van der Waals surface area contributed by atoms with E-state index in [1.165, 1.54) is 12.1 Å². The van der Waals surface area contributed by atoms with Gasteiger partial charge in [0.1, 0.15) is 17.6 Å². The van der Waals surface area contributed by atoms with E-state index in [-0.39, 0.29) is 56.9 Å². The maximum atomic E-state index is 14.5. The number of Topliss-reactive ketones (excluding diaryl/α,β-unsaturated/α-hetero) is 1. The lowest BCUT2D eigenvalue weighted by Gasteiger charge is -2.27. The van der Waals surface area contributed by atoms with E-state index in [9.17, 15) is 51.8 Å². The molecule has 0 spiro atoms. The van der Waals surface area contributed by atoms with Crippen molar-refractivity contribution in [1.82, 2.24) is 21.3 Å². The van der Waals surface area contributed by atoms with Crippen molar-refractivity contribution in [2.75, 3.05) is 5.32 Å². The molecule has 0 radical (unpaired) electrons. The van der Waals surface area contributed by atoms with E-state index in [1.54, 1.807) is 54.6 Å². The number of aliphatic carboxylic acids is 1. The summed E-state index contributed by atoms with van der Waals surface area (Å²) in [4.78, 5) is 95.3. The van der Waals surface area contributed by atoms with Gasteiger partial charge in [0.25, 0.3) is 0 Å². The standard InChI is InChI=1S/C47H48F3N5O8/c48-47(49,50)34-16-11-32(12-17-34)27-38-44(61)53-37(26-30-9-5-2-6-10-30)39(56)28-33(42(59)55-46(23-24-46)45(62)63)25-31-13-18-35(19-14-31)51-40(57)21-22-41(58)52-36(43(60)54-38)20-15-29-7-3-1-4-8-29/h1-14,16-19,33,36-38H,15,20-28H2,(H,51,57)(H,52,58)(H,53,61)(H,54,60)(H,55,59)(H,62,63)/t33-,36-,37-,38+/m1/s1. The Morgan fingerprint density at radius 2 is 1.21 bits per heavy atom. The summed E-state index contributed by atoms with van der Waals surface area (Å²) in [6.07, 6.45) is -5.23. The van der Waals surface area contributed by atoms with E-state index in [4.69, 9.17) is 0 Å². The normalized spacial score (nSPS) is 21.2. The number of carboxylic acid groups (broad SMARTS) is 1. The fourth-order valence-corrected chi connectivity index (χ4v) is 7.36. The molecule has 7 rings (SSSR count). The molecule has 2 bridgehead atoms. The van der Waals surface area contributed by atoms with Crippen molar-refractivity contribution in [2.24, 2.45) is 5.92 Å². The number of benzene rings is 4. The third-order valence-corrected chi connectivity index (χ3v) is 11.2. The number of ketones is 1. The molecule has 1 aliphatic carbocycles. The second-order valence-corrected chi connectivity index (χ2v) is 16.0. The van der Waals surface area contributed by atoms with Crippen LogP contribution in [0.4, 0.5) is 18.9 Å². The lowest BCUT2D eigenvalue weighted by molar-refractivity contribution is -0.144. The van der Waals surface area contributed by atoms with E-state index in [1.807, 2.05) is 30.3 Å². The molecule has 4 aromatic carbocycles. The summed E-state index contributed by atoms with van der Waals surface area (Å²) in [5, 5.41) is 23.3. The number of hydrogen-bond donors (Lipinski definition) is 6. The van der Waals surface area contributed by atoms with Crippen molar-refractivity contribution in [3.8, 4) is 0 Å². The number of hydrogen-bond acceptors (Lipinski definition) is 7. The van der Waals surface area contributed by atoms with E-state index >= 15 is 0 Å². The minimum Gasteiger partial charge on any atom is -0.480 e. The first kappa shape index (κ1) is 45.7. The number of anilines is 1. The SMILES string of the molecule is O=C1CCC(=O)N[C@H](CCc2ccccc2)C(=O)N[C@@H](Cc2ccc(C(F)(F)F)cc2)C(=O)N[C@H](Cc2ccccc2)C(=O)C[C@H](C(=O)NC2(C(=O)O)CC2)Cc2ccc(cc2)N1. The van der Waals surface area contributed by atoms with Crippen LogP contribution in [0.5, 0.6) is 0 Å². The number of rotatable bonds is 10. The first-order chi connectivity index (χ1) is 30.1. The fourth-order valence-electron chi connectivity index (χ4n) is 7.36. The van der Waals surface area contributed by atoms with Crippen LogP contribution in [0.15, 0.2) is 109 Å². The molecule has 2 heterocycles. The Hall–Kier alpha value is -6.84. The summed E-state index contributed by atoms with van der Waals surface area (Å²) in [5.41, 5.74) is 0.294. The zero-order valence-electron chi connectivity index (χ0n) is 34.2. The van der Waals surface area contributed by atoms with Crippen LogP contribution >= 0.6 is 0 Å². The minimum absolute atomic E-state index is 0.0232. The number of halogens is 3. The lowest BCUT2D eigenvalue weighted by atomic mass is 9.89. The second-order valence-electron chi connectivity index (χ2n) is 16.0. The Balaban J connectivity index is 1.36. The topological polar surface area (TPSA) is 200 Å². The third-order valence-electron chi connectivity index (χ3n) is 11.2. The van der Waals surface area contributed by atoms with E-state index < -0.39 is 89.0 Å². The van der Waals surface area contributed by atoms with Gasteiger partial charge in [0.15, 0.2) is 5.78 Å². The van der Waals surface area contributed by atoms with Crippen molar-refractivity contribution in [3.05, 3.63) is 137 Å². The van der Waals surface area contributed by atoms with Gasteiger partial charge in [-0.3, -0.25) is 28.8 Å². The molecule has 1 fully saturated rings. The maximum absolute atomic E-state index is 14.5. The average molecular weight is 868 g/mol. The van der Waals surface area contributed by atoms with Gasteiger partial charge in [-0.05, 0) is 85.0 Å². The van der Waals surface area contributed by atoms with E-state index in [0.717, 1.165) is 17.7 Å². The largest absolute Gasteiger partial charge is 0.480 e. The molecule has 4 aromatic rings. The van der Waals surface area contributed by atoms with Gasteiger partial charge >= 0.3 is 12.1 Å². The maximum Gasteiger partial charge on any atom is 0.416 e. The van der Waals surface area contributed by atoms with Crippen LogP contribution in [0.2, 0.25) is 0 Å². The number of alkyl halides is 3. The summed E-state index contributed by atoms with van der Waals surface area (Å²) < 4.78 is 40.5. The fraction of sp³-hybridized carbons (Fsp3) is 0.340. The Morgan fingerprint density at radius 1 is 0.651 bits per heavy atom. The van der Waals surface area contributed by atoms with Crippen molar-refractivity contribution in [2.45, 2.75) is 94.0 Å². The molecule has 5 amide bonds. The number of carboxylic acids is 1. The van der Waals surface area contributed by atoms with Gasteiger partial charge in [-0.2, -0.15) is 13.2 Å². The Labute approximate surface area is 361 Å². The van der Waals surface area contributed by atoms with Crippen molar-refractivity contribution >= 4 is 47.0 Å². The summed E-state index contributed by atoms with van der Waals surface area (Å²) in [6, 6.07) is 24.3. The molecule has 6 N–H and O–H groups in total. The van der Waals surface area contributed by atoms with Crippen LogP contribution in [0.1, 0.15) is 66.3 Å². The van der Waals surface area contributed by atoms with Gasteiger partial charge in [-0.25, -0.2) is 4.79 Å². The highest BCUT2D eigenvalue weighted by Gasteiger charge is 2.52. The van der Waals surface area contributed by atoms with E-state index in [0.29, 0.717) is 23.2 Å². The Morgan fingerprint density at radius 3 is 1.81 bits per heavy atom. The van der Waals surface area contributed by atoms with Gasteiger partial charge in [0.05, 0.1) is 11.6 Å². The number of amides is 5. The molecule has 0 unspecified atom stereocenters. The average Bonchev–Trinajstić information content (AvgIpc) is 4.05. The zero-order valence-corrected chi connectivity index (χ0v) is 34.2. The molecule has 16 heteroatoms. The van der Waals surface area contributed by atoms with Crippen LogP contribution < -0.4 is 26.6 Å². The van der Waals surface area contributed by atoms with Crippen molar-refractivity contribution in [3.63, 3.8) is 0 Å². The van der Waals surface area contributed by atoms with Crippen molar-refractivity contribution in [1.29, 1.82) is 0 Å². The highest BCUT2D eigenvalue weighted by atomic mass is 19.4. The molecule has 330 valence electrons. The highest BCUT2D eigenvalue weighted by Crippen LogP contribution is 2.36. The number of fused-ring (bicyclic) bond motifs is 18. The molecule has 1 saturated carbocycles. The molecule has 63 heavy (non-hydrogen) atoms. The smallest absolute Gasteiger partial charge is 0.416 e. The molecule has 4 atom stereocenters. The molecule has 3 aliphatic rings. The molecular weight excluding hydrogens is 820 g/mol. The van der Waals surface area contributed by atoms with Gasteiger partial charge in [0.2, 0.25) is 29.5 Å². The predicted octanol–water partition coefficient (Wildman–Crippen LogP) is 4.86.